The van der Waals surface area contributed by atoms with Gasteiger partial charge < -0.3 is 10.2 Å². The number of rotatable bonds is 6. The molecule has 0 saturated heterocycles. The molecule has 2 aromatic rings. The third kappa shape index (κ3) is 4.95. The van der Waals surface area contributed by atoms with Crippen molar-refractivity contribution in [1.82, 2.24) is 0 Å². The van der Waals surface area contributed by atoms with Crippen molar-refractivity contribution in [3.05, 3.63) is 54.1 Å². The van der Waals surface area contributed by atoms with Crippen LogP contribution in [0.2, 0.25) is 0 Å². The maximum absolute atomic E-state index is 11.0. The van der Waals surface area contributed by atoms with Crippen LogP contribution in [0.3, 0.4) is 0 Å². The Hall–Kier alpha value is -2.62. The number of carbonyl (C=O) groups excluding carboxylic acids is 1. The fraction of sp³-hybridized carbons (Fsp3) is 0.263. The molecule has 0 spiro atoms. The quantitative estimate of drug-likeness (QED) is 0.811. The molecule has 0 radical (unpaired) electrons. The molecule has 0 unspecified atom stereocenters. The number of hydrogen-bond acceptors (Lipinski definition) is 3. The van der Waals surface area contributed by atoms with Crippen LogP contribution in [-0.4, -0.2) is 25.2 Å². The van der Waals surface area contributed by atoms with Gasteiger partial charge in [-0.1, -0.05) is 12.1 Å². The molecule has 0 aromatic heterocycles. The molecule has 4 nitrogen and oxygen atoms in total. The Labute approximate surface area is 137 Å². The van der Waals surface area contributed by atoms with Gasteiger partial charge in [0.05, 0.1) is 5.69 Å². The Morgan fingerprint density at radius 3 is 2.17 bits per heavy atom. The van der Waals surface area contributed by atoms with Gasteiger partial charge in [0.2, 0.25) is 5.91 Å². The lowest BCUT2D eigenvalue weighted by Crippen LogP contribution is -2.21. The topological polar surface area (TPSA) is 44.7 Å². The summed E-state index contributed by atoms with van der Waals surface area (Å²) in [6.45, 7) is 7.82. The van der Waals surface area contributed by atoms with Crippen LogP contribution in [0.1, 0.15) is 26.3 Å². The molecule has 0 atom stereocenters. The van der Waals surface area contributed by atoms with Gasteiger partial charge in [-0.3, -0.25) is 9.79 Å². The zero-order chi connectivity index (χ0) is 16.7. The van der Waals surface area contributed by atoms with Crippen LogP contribution < -0.4 is 10.2 Å². The molecule has 0 bridgehead atoms. The highest BCUT2D eigenvalue weighted by molar-refractivity contribution is 5.89. The Bertz CT molecular complexity index is 656. The fourth-order valence-corrected chi connectivity index (χ4v) is 2.34. The van der Waals surface area contributed by atoms with E-state index in [1.807, 2.05) is 30.5 Å². The Kier molecular flexibility index (Phi) is 5.92. The van der Waals surface area contributed by atoms with E-state index in [2.05, 4.69) is 53.3 Å². The summed E-state index contributed by atoms with van der Waals surface area (Å²) in [5, 5.41) is 2.74. The highest BCUT2D eigenvalue weighted by Gasteiger charge is 2.00. The van der Waals surface area contributed by atoms with Crippen LogP contribution in [-0.2, 0) is 4.79 Å². The first-order chi connectivity index (χ1) is 11.1. The predicted octanol–water partition coefficient (Wildman–Crippen LogP) is 4.24. The highest BCUT2D eigenvalue weighted by atomic mass is 16.1. The summed E-state index contributed by atoms with van der Waals surface area (Å²) in [6, 6.07) is 15.8. The number of benzene rings is 2. The lowest BCUT2D eigenvalue weighted by atomic mass is 10.2. The van der Waals surface area contributed by atoms with Crippen molar-refractivity contribution in [2.45, 2.75) is 20.8 Å². The summed E-state index contributed by atoms with van der Waals surface area (Å²) < 4.78 is 0. The molecule has 1 amide bonds. The van der Waals surface area contributed by atoms with E-state index < -0.39 is 0 Å². The minimum atomic E-state index is -0.0745. The van der Waals surface area contributed by atoms with Crippen LogP contribution in [0.5, 0.6) is 0 Å². The second-order valence-electron chi connectivity index (χ2n) is 5.25. The summed E-state index contributed by atoms with van der Waals surface area (Å²) in [6.07, 6.45) is 1.85. The molecule has 0 aliphatic carbocycles. The number of aliphatic imine (C=N–C) groups is 1. The Morgan fingerprint density at radius 2 is 1.65 bits per heavy atom. The molecule has 120 valence electrons. The maximum atomic E-state index is 11.0. The summed E-state index contributed by atoms with van der Waals surface area (Å²) >= 11 is 0. The van der Waals surface area contributed by atoms with E-state index in [9.17, 15) is 4.79 Å². The van der Waals surface area contributed by atoms with Crippen molar-refractivity contribution >= 4 is 29.2 Å². The highest BCUT2D eigenvalue weighted by Crippen LogP contribution is 2.17. The molecule has 2 rings (SSSR count). The zero-order valence-corrected chi connectivity index (χ0v) is 13.9. The summed E-state index contributed by atoms with van der Waals surface area (Å²) in [5.41, 5.74) is 3.92. The standard InChI is InChI=1S/C19H23N3O/c1-4-22(5-2)19-12-6-16(7-13-19)14-20-17-8-10-18(11-9-17)21-15(3)23/h6-14H,4-5H2,1-3H3,(H,21,23). The van der Waals surface area contributed by atoms with E-state index in [1.165, 1.54) is 12.6 Å². The van der Waals surface area contributed by atoms with E-state index in [0.29, 0.717) is 0 Å². The van der Waals surface area contributed by atoms with E-state index >= 15 is 0 Å². The Balaban J connectivity index is 2.03. The molecule has 2 aromatic carbocycles. The molecule has 0 fully saturated rings. The van der Waals surface area contributed by atoms with E-state index in [4.69, 9.17) is 0 Å². The number of nitrogens with zero attached hydrogens (tertiary/aromatic N) is 2. The average Bonchev–Trinajstić information content (AvgIpc) is 2.56. The molecular formula is C19H23N3O. The van der Waals surface area contributed by atoms with Crippen LogP contribution >= 0.6 is 0 Å². The first-order valence-corrected chi connectivity index (χ1v) is 7.89. The van der Waals surface area contributed by atoms with Crippen LogP contribution in [0.4, 0.5) is 17.1 Å². The zero-order valence-electron chi connectivity index (χ0n) is 13.9. The van der Waals surface area contributed by atoms with Crippen LogP contribution in [0, 0.1) is 0 Å². The van der Waals surface area contributed by atoms with Crippen molar-refractivity contribution in [1.29, 1.82) is 0 Å². The second kappa shape index (κ2) is 8.13. The molecule has 4 heteroatoms. The molecule has 0 aliphatic heterocycles. The average molecular weight is 309 g/mol. The van der Waals surface area contributed by atoms with E-state index in [-0.39, 0.29) is 5.91 Å². The van der Waals surface area contributed by atoms with Gasteiger partial charge in [0.1, 0.15) is 0 Å². The largest absolute Gasteiger partial charge is 0.372 e. The van der Waals surface area contributed by atoms with E-state index in [1.54, 1.807) is 0 Å². The minimum absolute atomic E-state index is 0.0745. The van der Waals surface area contributed by atoms with Gasteiger partial charge in [-0.15, -0.1) is 0 Å². The number of anilines is 2. The third-order valence-corrected chi connectivity index (χ3v) is 3.57. The lowest BCUT2D eigenvalue weighted by molar-refractivity contribution is -0.114. The molecule has 1 N–H and O–H groups in total. The lowest BCUT2D eigenvalue weighted by Gasteiger charge is -2.20. The summed E-state index contributed by atoms with van der Waals surface area (Å²) in [4.78, 5) is 17.8. The van der Waals surface area contributed by atoms with Gasteiger partial charge in [-0.05, 0) is 55.8 Å². The number of hydrogen-bond donors (Lipinski definition) is 1. The van der Waals surface area contributed by atoms with Gasteiger partial charge in [-0.2, -0.15) is 0 Å². The van der Waals surface area contributed by atoms with Crippen LogP contribution in [0.25, 0.3) is 0 Å². The summed E-state index contributed by atoms with van der Waals surface area (Å²) in [7, 11) is 0. The van der Waals surface area contributed by atoms with Crippen molar-refractivity contribution < 1.29 is 4.79 Å². The van der Waals surface area contributed by atoms with Crippen molar-refractivity contribution in [3.8, 4) is 0 Å². The fourth-order valence-electron chi connectivity index (χ4n) is 2.34. The monoisotopic (exact) mass is 309 g/mol. The van der Waals surface area contributed by atoms with Gasteiger partial charge in [-0.25, -0.2) is 0 Å². The smallest absolute Gasteiger partial charge is 0.221 e. The normalized spacial score (nSPS) is 10.7. The first kappa shape index (κ1) is 16.7. The minimum Gasteiger partial charge on any atom is -0.372 e. The SMILES string of the molecule is CCN(CC)c1ccc(C=Nc2ccc(NC(C)=O)cc2)cc1. The first-order valence-electron chi connectivity index (χ1n) is 7.89. The van der Waals surface area contributed by atoms with Gasteiger partial charge in [0.25, 0.3) is 0 Å². The van der Waals surface area contributed by atoms with Gasteiger partial charge in [0.15, 0.2) is 0 Å². The maximum Gasteiger partial charge on any atom is 0.221 e. The second-order valence-corrected chi connectivity index (χ2v) is 5.25. The molecule has 0 saturated carbocycles. The molecular weight excluding hydrogens is 286 g/mol. The molecule has 23 heavy (non-hydrogen) atoms. The number of nitrogens with one attached hydrogen (secondary N) is 1. The van der Waals surface area contributed by atoms with Crippen LogP contribution in [0.15, 0.2) is 53.5 Å². The predicted molar refractivity (Wildman–Crippen MR) is 98.0 cm³/mol. The molecule has 0 aliphatic rings. The Morgan fingerprint density at radius 1 is 1.04 bits per heavy atom. The van der Waals surface area contributed by atoms with Crippen molar-refractivity contribution in [3.63, 3.8) is 0 Å². The summed E-state index contributed by atoms with van der Waals surface area (Å²) in [5.74, 6) is -0.0745. The third-order valence-electron chi connectivity index (χ3n) is 3.57. The van der Waals surface area contributed by atoms with Gasteiger partial charge in [0, 0.05) is 37.6 Å². The number of amides is 1. The van der Waals surface area contributed by atoms with Crippen molar-refractivity contribution in [2.24, 2.45) is 4.99 Å². The molecule has 0 heterocycles. The van der Waals surface area contributed by atoms with E-state index in [0.717, 1.165) is 30.0 Å². The van der Waals surface area contributed by atoms with Crippen molar-refractivity contribution in [2.75, 3.05) is 23.3 Å². The van der Waals surface area contributed by atoms with Gasteiger partial charge >= 0.3 is 0 Å². The number of carbonyl (C=O) groups is 1.